The second kappa shape index (κ2) is 8.30. The summed E-state index contributed by atoms with van der Waals surface area (Å²) in [6.45, 7) is 0.981. The van der Waals surface area contributed by atoms with E-state index in [4.69, 9.17) is 4.42 Å². The van der Waals surface area contributed by atoms with Crippen molar-refractivity contribution >= 4 is 22.8 Å². The van der Waals surface area contributed by atoms with Crippen LogP contribution in [-0.4, -0.2) is 35.8 Å². The lowest BCUT2D eigenvalue weighted by atomic mass is 9.95. The Morgan fingerprint density at radius 1 is 1.00 bits per heavy atom. The van der Waals surface area contributed by atoms with Crippen LogP contribution in [0.4, 0.5) is 4.39 Å². The first-order valence-electron chi connectivity index (χ1n) is 10.5. The number of fused-ring (bicyclic) bond motifs is 1. The molecule has 2 amide bonds. The molecule has 0 saturated carbocycles. The van der Waals surface area contributed by atoms with Crippen molar-refractivity contribution in [3.63, 3.8) is 0 Å². The molecule has 1 unspecified atom stereocenters. The van der Waals surface area contributed by atoms with E-state index in [2.05, 4.69) is 5.32 Å². The van der Waals surface area contributed by atoms with Crippen molar-refractivity contribution in [3.05, 3.63) is 96.0 Å². The Hall–Kier alpha value is -3.93. The fourth-order valence-electron chi connectivity index (χ4n) is 4.15. The van der Waals surface area contributed by atoms with Crippen molar-refractivity contribution in [2.45, 2.75) is 12.5 Å². The quantitative estimate of drug-likeness (QED) is 0.493. The smallest absolute Gasteiger partial charge is 0.254 e. The Bertz CT molecular complexity index is 1310. The summed E-state index contributed by atoms with van der Waals surface area (Å²) in [5, 5.41) is 3.71. The Morgan fingerprint density at radius 2 is 1.81 bits per heavy atom. The molecular formula is C26H21FN2O3. The zero-order valence-corrected chi connectivity index (χ0v) is 17.3. The summed E-state index contributed by atoms with van der Waals surface area (Å²) in [6, 6.07) is 20.5. The van der Waals surface area contributed by atoms with Gasteiger partial charge >= 0.3 is 0 Å². The molecule has 0 radical (unpaired) electrons. The van der Waals surface area contributed by atoms with E-state index in [1.807, 2.05) is 18.2 Å². The van der Waals surface area contributed by atoms with Gasteiger partial charge in [-0.1, -0.05) is 36.4 Å². The maximum Gasteiger partial charge on any atom is 0.254 e. The van der Waals surface area contributed by atoms with Crippen LogP contribution in [0.1, 0.15) is 27.1 Å². The van der Waals surface area contributed by atoms with Gasteiger partial charge in [-0.25, -0.2) is 4.39 Å². The van der Waals surface area contributed by atoms with Crippen LogP contribution in [0, 0.1) is 5.82 Å². The van der Waals surface area contributed by atoms with E-state index >= 15 is 0 Å². The standard InChI is InChI=1S/C26H21FN2O3/c27-18-6-3-5-17(15-18)20-7-1-2-8-23(20)26(31)29-13-11-19(29)16-28-25(30)22-9-4-10-24-21(22)12-14-32-24/h1-10,12,14-15,19H,11,13,16H2,(H,28,30). The van der Waals surface area contributed by atoms with Gasteiger partial charge in [0.1, 0.15) is 11.4 Å². The van der Waals surface area contributed by atoms with Gasteiger partial charge in [0.05, 0.1) is 17.9 Å². The summed E-state index contributed by atoms with van der Waals surface area (Å²) >= 11 is 0. The third kappa shape index (κ3) is 3.64. The molecule has 0 spiro atoms. The van der Waals surface area contributed by atoms with Gasteiger partial charge in [-0.2, -0.15) is 0 Å². The SMILES string of the molecule is O=C(NCC1CCN1C(=O)c1ccccc1-c1cccc(F)c1)c1cccc2occc12. The highest BCUT2D eigenvalue weighted by Crippen LogP contribution is 2.28. The van der Waals surface area contributed by atoms with E-state index < -0.39 is 0 Å². The van der Waals surface area contributed by atoms with E-state index in [1.165, 1.54) is 12.1 Å². The van der Waals surface area contributed by atoms with Gasteiger partial charge < -0.3 is 14.6 Å². The summed E-state index contributed by atoms with van der Waals surface area (Å²) in [7, 11) is 0. The summed E-state index contributed by atoms with van der Waals surface area (Å²) in [4.78, 5) is 27.8. The minimum atomic E-state index is -0.345. The number of nitrogens with one attached hydrogen (secondary N) is 1. The first-order valence-corrected chi connectivity index (χ1v) is 10.5. The number of halogens is 1. The molecule has 3 aromatic carbocycles. The summed E-state index contributed by atoms with van der Waals surface area (Å²) in [6.07, 6.45) is 2.37. The first kappa shape index (κ1) is 20.0. The zero-order valence-electron chi connectivity index (χ0n) is 17.3. The maximum absolute atomic E-state index is 13.7. The predicted octanol–water partition coefficient (Wildman–Crippen LogP) is 4.88. The highest BCUT2D eigenvalue weighted by atomic mass is 19.1. The minimum absolute atomic E-state index is 0.0874. The molecule has 0 aliphatic carbocycles. The first-order chi connectivity index (χ1) is 15.6. The molecule has 1 atom stereocenters. The van der Waals surface area contributed by atoms with Crippen molar-refractivity contribution < 1.29 is 18.4 Å². The molecule has 1 aromatic heterocycles. The van der Waals surface area contributed by atoms with Crippen molar-refractivity contribution in [3.8, 4) is 11.1 Å². The van der Waals surface area contributed by atoms with Crippen LogP contribution in [0.5, 0.6) is 0 Å². The third-order valence-corrected chi connectivity index (χ3v) is 5.94. The number of rotatable bonds is 5. The Kier molecular flexibility index (Phi) is 5.19. The summed E-state index contributed by atoms with van der Waals surface area (Å²) in [5.74, 6) is -0.661. The van der Waals surface area contributed by atoms with E-state index in [0.717, 1.165) is 11.8 Å². The highest BCUT2D eigenvalue weighted by Gasteiger charge is 2.34. The Labute approximate surface area is 184 Å². The fourth-order valence-corrected chi connectivity index (χ4v) is 4.15. The van der Waals surface area contributed by atoms with Gasteiger partial charge in [0.15, 0.2) is 0 Å². The van der Waals surface area contributed by atoms with Gasteiger partial charge in [-0.3, -0.25) is 9.59 Å². The van der Waals surface area contributed by atoms with Crippen LogP contribution in [-0.2, 0) is 0 Å². The number of carbonyl (C=O) groups is 2. The maximum atomic E-state index is 13.7. The number of nitrogens with zero attached hydrogens (tertiary/aromatic N) is 1. The molecule has 160 valence electrons. The van der Waals surface area contributed by atoms with Crippen molar-refractivity contribution in [2.75, 3.05) is 13.1 Å². The third-order valence-electron chi connectivity index (χ3n) is 5.94. The molecule has 1 N–H and O–H groups in total. The molecule has 2 heterocycles. The molecule has 4 aromatic rings. The van der Waals surface area contributed by atoms with Crippen LogP contribution < -0.4 is 5.32 Å². The molecule has 6 heteroatoms. The number of amides is 2. The average Bonchev–Trinajstić information content (AvgIpc) is 3.27. The fraction of sp³-hybridized carbons (Fsp3) is 0.154. The zero-order chi connectivity index (χ0) is 22.1. The lowest BCUT2D eigenvalue weighted by molar-refractivity contribution is 0.0456. The van der Waals surface area contributed by atoms with Crippen LogP contribution in [0.25, 0.3) is 22.1 Å². The molecule has 0 bridgehead atoms. The molecule has 32 heavy (non-hydrogen) atoms. The lowest BCUT2D eigenvalue weighted by Crippen LogP contribution is -2.56. The van der Waals surface area contributed by atoms with Gasteiger partial charge in [0.2, 0.25) is 0 Å². The van der Waals surface area contributed by atoms with Gasteiger partial charge in [0.25, 0.3) is 11.8 Å². The van der Waals surface area contributed by atoms with Crippen LogP contribution >= 0.6 is 0 Å². The van der Waals surface area contributed by atoms with Crippen LogP contribution in [0.2, 0.25) is 0 Å². The van der Waals surface area contributed by atoms with Crippen LogP contribution in [0.3, 0.4) is 0 Å². The summed E-state index contributed by atoms with van der Waals surface area (Å²) < 4.78 is 19.1. The molecule has 5 rings (SSSR count). The molecule has 1 aliphatic rings. The van der Waals surface area contributed by atoms with E-state index in [1.54, 1.807) is 53.6 Å². The molecule has 1 saturated heterocycles. The number of carbonyl (C=O) groups excluding carboxylic acids is 2. The normalized spacial score (nSPS) is 15.4. The number of hydrogen-bond donors (Lipinski definition) is 1. The van der Waals surface area contributed by atoms with E-state index in [-0.39, 0.29) is 23.7 Å². The second-order valence-corrected chi connectivity index (χ2v) is 7.84. The number of benzene rings is 3. The minimum Gasteiger partial charge on any atom is -0.464 e. The monoisotopic (exact) mass is 428 g/mol. The van der Waals surface area contributed by atoms with Crippen molar-refractivity contribution in [2.24, 2.45) is 0 Å². The number of likely N-dealkylation sites (tertiary alicyclic amines) is 1. The van der Waals surface area contributed by atoms with Gasteiger partial charge in [0, 0.05) is 24.0 Å². The van der Waals surface area contributed by atoms with Crippen LogP contribution in [0.15, 0.2) is 83.5 Å². The van der Waals surface area contributed by atoms with Gasteiger partial charge in [-0.05, 0) is 53.9 Å². The van der Waals surface area contributed by atoms with E-state index in [9.17, 15) is 14.0 Å². The Morgan fingerprint density at radius 3 is 2.62 bits per heavy atom. The summed E-state index contributed by atoms with van der Waals surface area (Å²) in [5.41, 5.74) is 3.08. The largest absolute Gasteiger partial charge is 0.464 e. The molecule has 5 nitrogen and oxygen atoms in total. The topological polar surface area (TPSA) is 62.6 Å². The second-order valence-electron chi connectivity index (χ2n) is 7.84. The molecule has 1 fully saturated rings. The number of hydrogen-bond acceptors (Lipinski definition) is 3. The Balaban J connectivity index is 1.30. The van der Waals surface area contributed by atoms with Crippen molar-refractivity contribution in [1.82, 2.24) is 10.2 Å². The lowest BCUT2D eigenvalue weighted by Gasteiger charge is -2.41. The molecular weight excluding hydrogens is 407 g/mol. The molecule has 1 aliphatic heterocycles. The van der Waals surface area contributed by atoms with E-state index in [0.29, 0.717) is 40.9 Å². The van der Waals surface area contributed by atoms with Crippen molar-refractivity contribution in [1.29, 1.82) is 0 Å². The number of furan rings is 1. The average molecular weight is 428 g/mol. The predicted molar refractivity (Wildman–Crippen MR) is 120 cm³/mol. The highest BCUT2D eigenvalue weighted by molar-refractivity contribution is 6.06. The van der Waals surface area contributed by atoms with Gasteiger partial charge in [-0.15, -0.1) is 0 Å².